The van der Waals surface area contributed by atoms with Gasteiger partial charge in [0.2, 0.25) is 15.9 Å². The predicted octanol–water partition coefficient (Wildman–Crippen LogP) is 2.62. The highest BCUT2D eigenvalue weighted by atomic mass is 32.2. The maximum Gasteiger partial charge on any atom is 0.240 e. The van der Waals surface area contributed by atoms with E-state index in [9.17, 15) is 13.2 Å². The first-order chi connectivity index (χ1) is 13.0. The lowest BCUT2D eigenvalue weighted by Crippen LogP contribution is -2.37. The normalized spacial score (nSPS) is 14.3. The molecule has 0 unspecified atom stereocenters. The molecule has 7 heteroatoms. The zero-order chi connectivity index (χ0) is 19.3. The average molecular weight is 388 g/mol. The Morgan fingerprint density at radius 2 is 1.67 bits per heavy atom. The zero-order valence-electron chi connectivity index (χ0n) is 15.5. The summed E-state index contributed by atoms with van der Waals surface area (Å²) in [6.45, 7) is 4.03. The van der Waals surface area contributed by atoms with E-state index in [0.29, 0.717) is 0 Å². The van der Waals surface area contributed by atoms with E-state index in [-0.39, 0.29) is 23.9 Å². The van der Waals surface area contributed by atoms with Crippen molar-refractivity contribution in [2.45, 2.75) is 24.7 Å². The van der Waals surface area contributed by atoms with Crippen molar-refractivity contribution in [1.82, 2.24) is 4.72 Å². The first-order valence-corrected chi connectivity index (χ1v) is 10.6. The minimum absolute atomic E-state index is 0.122. The number of nitrogens with one attached hydrogen (secondary N) is 1. The summed E-state index contributed by atoms with van der Waals surface area (Å²) < 4.78 is 27.1. The monoisotopic (exact) mass is 387 g/mol. The van der Waals surface area contributed by atoms with Crippen molar-refractivity contribution in [2.24, 2.45) is 0 Å². The quantitative estimate of drug-likeness (QED) is 0.793. The van der Waals surface area contributed by atoms with Gasteiger partial charge in [-0.25, -0.2) is 13.1 Å². The topological polar surface area (TPSA) is 69.7 Å². The van der Waals surface area contributed by atoms with Crippen LogP contribution in [0.4, 0.5) is 11.4 Å². The summed E-state index contributed by atoms with van der Waals surface area (Å²) in [4.78, 5) is 16.2. The van der Waals surface area contributed by atoms with Crippen LogP contribution in [0.5, 0.6) is 0 Å². The van der Waals surface area contributed by atoms with Crippen molar-refractivity contribution in [3.63, 3.8) is 0 Å². The van der Waals surface area contributed by atoms with Crippen molar-refractivity contribution < 1.29 is 13.2 Å². The number of hydrogen-bond acceptors (Lipinski definition) is 4. The van der Waals surface area contributed by atoms with Gasteiger partial charge in [-0.15, -0.1) is 0 Å². The maximum absolute atomic E-state index is 12.3. The molecule has 1 heterocycles. The summed E-state index contributed by atoms with van der Waals surface area (Å²) in [6.07, 6.45) is 2.42. The van der Waals surface area contributed by atoms with Crippen molar-refractivity contribution >= 4 is 27.3 Å². The lowest BCUT2D eigenvalue weighted by molar-refractivity contribution is -0.116. The number of benzene rings is 2. The van der Waals surface area contributed by atoms with Crippen LogP contribution in [-0.2, 0) is 14.8 Å². The smallest absolute Gasteiger partial charge is 0.240 e. The highest BCUT2D eigenvalue weighted by molar-refractivity contribution is 7.89. The molecule has 144 valence electrons. The molecular formula is C20H25N3O3S. The number of nitrogens with zero attached hydrogens (tertiary/aromatic N) is 2. The van der Waals surface area contributed by atoms with Crippen LogP contribution in [0.15, 0.2) is 59.5 Å². The van der Waals surface area contributed by atoms with Crippen LogP contribution < -0.4 is 14.5 Å². The van der Waals surface area contributed by atoms with Gasteiger partial charge in [-0.2, -0.15) is 0 Å². The maximum atomic E-state index is 12.3. The summed E-state index contributed by atoms with van der Waals surface area (Å²) >= 11 is 0. The van der Waals surface area contributed by atoms with Crippen LogP contribution in [0.2, 0.25) is 0 Å². The van der Waals surface area contributed by atoms with Crippen molar-refractivity contribution in [2.75, 3.05) is 36.0 Å². The van der Waals surface area contributed by atoms with Gasteiger partial charge in [-0.1, -0.05) is 18.2 Å². The predicted molar refractivity (Wildman–Crippen MR) is 108 cm³/mol. The summed E-state index contributed by atoms with van der Waals surface area (Å²) in [7, 11) is -3.58. The molecule has 1 saturated heterocycles. The fourth-order valence-corrected chi connectivity index (χ4v) is 4.30. The number of carbonyl (C=O) groups excluding carboxylic acids is 1. The van der Waals surface area contributed by atoms with Gasteiger partial charge in [-0.05, 0) is 49.2 Å². The average Bonchev–Trinajstić information content (AvgIpc) is 3.21. The first kappa shape index (κ1) is 19.4. The molecule has 0 aromatic heterocycles. The minimum atomic E-state index is -3.58. The van der Waals surface area contributed by atoms with E-state index in [1.807, 2.05) is 24.3 Å². The second-order valence-electron chi connectivity index (χ2n) is 6.59. The standard InChI is InChI=1S/C20H25N3O3S/c1-17(24)23(16-13-21-27(25,26)20-7-3-2-4-8-20)19-11-9-18(10-12-19)22-14-5-6-15-22/h2-4,7-12,21H,5-6,13-16H2,1H3. The Kier molecular flexibility index (Phi) is 6.13. The highest BCUT2D eigenvalue weighted by Crippen LogP contribution is 2.24. The van der Waals surface area contributed by atoms with Gasteiger partial charge in [0.15, 0.2) is 0 Å². The van der Waals surface area contributed by atoms with Crippen molar-refractivity contribution in [1.29, 1.82) is 0 Å². The lowest BCUT2D eigenvalue weighted by atomic mass is 10.2. The molecule has 0 radical (unpaired) electrons. The largest absolute Gasteiger partial charge is 0.372 e. The SMILES string of the molecule is CC(=O)N(CCNS(=O)(=O)c1ccccc1)c1ccc(N2CCCC2)cc1. The molecule has 2 aromatic rings. The molecule has 1 amide bonds. The van der Waals surface area contributed by atoms with Crippen LogP contribution in [-0.4, -0.2) is 40.5 Å². The number of anilines is 2. The number of sulfonamides is 1. The Labute approximate surface area is 160 Å². The second-order valence-corrected chi connectivity index (χ2v) is 8.36. The third kappa shape index (κ3) is 4.87. The molecule has 0 bridgehead atoms. The van der Waals surface area contributed by atoms with Crippen LogP contribution in [0, 0.1) is 0 Å². The van der Waals surface area contributed by atoms with Gasteiger partial charge in [0.1, 0.15) is 0 Å². The molecule has 6 nitrogen and oxygen atoms in total. The molecular weight excluding hydrogens is 362 g/mol. The van der Waals surface area contributed by atoms with E-state index in [0.717, 1.165) is 24.5 Å². The van der Waals surface area contributed by atoms with Gasteiger partial charge in [0.25, 0.3) is 0 Å². The Morgan fingerprint density at radius 1 is 1.04 bits per heavy atom. The van der Waals surface area contributed by atoms with E-state index in [1.165, 1.54) is 19.8 Å². The second kappa shape index (κ2) is 8.54. The van der Waals surface area contributed by atoms with Crippen LogP contribution in [0.25, 0.3) is 0 Å². The Balaban J connectivity index is 1.63. The van der Waals surface area contributed by atoms with Gasteiger partial charge in [-0.3, -0.25) is 4.79 Å². The summed E-state index contributed by atoms with van der Waals surface area (Å²) in [5.41, 5.74) is 1.92. The molecule has 1 fully saturated rings. The molecule has 1 aliphatic heterocycles. The van der Waals surface area contributed by atoms with Crippen molar-refractivity contribution in [3.8, 4) is 0 Å². The van der Waals surface area contributed by atoms with Crippen LogP contribution in [0.1, 0.15) is 19.8 Å². The lowest BCUT2D eigenvalue weighted by Gasteiger charge is -2.23. The Morgan fingerprint density at radius 3 is 2.26 bits per heavy atom. The molecule has 0 spiro atoms. The van der Waals surface area contributed by atoms with Gasteiger partial charge < -0.3 is 9.80 Å². The zero-order valence-corrected chi connectivity index (χ0v) is 16.3. The summed E-state index contributed by atoms with van der Waals surface area (Å²) in [6, 6.07) is 16.1. The summed E-state index contributed by atoms with van der Waals surface area (Å²) in [5, 5.41) is 0. The Bertz CT molecular complexity index is 861. The third-order valence-corrected chi connectivity index (χ3v) is 6.17. The van der Waals surface area contributed by atoms with E-state index in [4.69, 9.17) is 0 Å². The molecule has 1 N–H and O–H groups in total. The molecule has 1 aliphatic rings. The minimum Gasteiger partial charge on any atom is -0.372 e. The van der Waals surface area contributed by atoms with Crippen molar-refractivity contribution in [3.05, 3.63) is 54.6 Å². The highest BCUT2D eigenvalue weighted by Gasteiger charge is 2.17. The molecule has 27 heavy (non-hydrogen) atoms. The van der Waals surface area contributed by atoms with Gasteiger partial charge >= 0.3 is 0 Å². The van der Waals surface area contributed by atoms with Crippen LogP contribution >= 0.6 is 0 Å². The Hall–Kier alpha value is -2.38. The molecule has 3 rings (SSSR count). The van der Waals surface area contributed by atoms with E-state index in [1.54, 1.807) is 35.2 Å². The third-order valence-electron chi connectivity index (χ3n) is 4.69. The number of amides is 1. The number of rotatable bonds is 7. The fourth-order valence-electron chi connectivity index (χ4n) is 3.26. The van der Waals surface area contributed by atoms with Gasteiger partial charge in [0, 0.05) is 44.5 Å². The summed E-state index contributed by atoms with van der Waals surface area (Å²) in [5.74, 6) is -0.122. The van der Waals surface area contributed by atoms with E-state index in [2.05, 4.69) is 9.62 Å². The van der Waals surface area contributed by atoms with Gasteiger partial charge in [0.05, 0.1) is 4.90 Å². The molecule has 0 saturated carbocycles. The van der Waals surface area contributed by atoms with E-state index >= 15 is 0 Å². The molecule has 2 aromatic carbocycles. The molecule has 0 atom stereocenters. The molecule has 0 aliphatic carbocycles. The van der Waals surface area contributed by atoms with Crippen LogP contribution in [0.3, 0.4) is 0 Å². The number of hydrogen-bond donors (Lipinski definition) is 1. The fraction of sp³-hybridized carbons (Fsp3) is 0.350. The first-order valence-electron chi connectivity index (χ1n) is 9.15. The number of carbonyl (C=O) groups is 1. The van der Waals surface area contributed by atoms with E-state index < -0.39 is 10.0 Å².